The van der Waals surface area contributed by atoms with E-state index in [0.717, 1.165) is 87.1 Å². The highest BCUT2D eigenvalue weighted by Crippen LogP contribution is 2.35. The fourth-order valence-corrected chi connectivity index (χ4v) is 9.10. The van der Waals surface area contributed by atoms with E-state index in [1.807, 2.05) is 23.1 Å². The van der Waals surface area contributed by atoms with E-state index in [4.69, 9.17) is 5.10 Å². The maximum Gasteiger partial charge on any atom is 0.270 e. The molecule has 2 atom stereocenters. The first-order valence-electron chi connectivity index (χ1n) is 20.8. The van der Waals surface area contributed by atoms with E-state index >= 15 is 0 Å². The van der Waals surface area contributed by atoms with E-state index in [1.54, 1.807) is 53.2 Å². The number of aromatic nitrogens is 6. The van der Waals surface area contributed by atoms with Gasteiger partial charge in [-0.25, -0.2) is 19.0 Å². The van der Waals surface area contributed by atoms with Crippen LogP contribution in [0.15, 0.2) is 72.7 Å². The number of amides is 2. The second-order valence-electron chi connectivity index (χ2n) is 16.3. The summed E-state index contributed by atoms with van der Waals surface area (Å²) in [5.74, 6) is 3.43. The monoisotopic (exact) mass is 814 g/mol. The number of rotatable bonds is 9. The van der Waals surface area contributed by atoms with Gasteiger partial charge in [-0.2, -0.15) is 5.10 Å². The van der Waals surface area contributed by atoms with Gasteiger partial charge in [0, 0.05) is 70.0 Å². The molecule has 4 fully saturated rings. The molecule has 310 valence electrons. The molecule has 1 aromatic carbocycles. The normalized spacial score (nSPS) is 20.8. The van der Waals surface area contributed by atoms with Gasteiger partial charge in [0.05, 0.1) is 46.4 Å². The van der Waals surface area contributed by atoms with E-state index in [-0.39, 0.29) is 35.6 Å². The van der Waals surface area contributed by atoms with Crippen LogP contribution in [0.25, 0.3) is 16.6 Å². The molecule has 0 spiro atoms. The number of fused-ring (bicyclic) bond motifs is 2. The van der Waals surface area contributed by atoms with Gasteiger partial charge < -0.3 is 30.7 Å². The molecule has 4 aromatic heterocycles. The summed E-state index contributed by atoms with van der Waals surface area (Å²) < 4.78 is 18.5. The Morgan fingerprint density at radius 2 is 1.78 bits per heavy atom. The van der Waals surface area contributed by atoms with Crippen LogP contribution in [0, 0.1) is 5.92 Å². The van der Waals surface area contributed by atoms with E-state index in [2.05, 4.69) is 51.8 Å². The highest BCUT2D eigenvalue weighted by molar-refractivity contribution is 6.10. The number of carbonyl (C=O) groups is 2. The zero-order chi connectivity index (χ0) is 41.2. The minimum atomic E-state index is -0.933. The Hall–Kier alpha value is -6.41. The number of hydrogen-bond acceptors (Lipinski definition) is 12. The zero-order valence-corrected chi connectivity index (χ0v) is 33.2. The predicted octanol–water partition coefficient (Wildman–Crippen LogP) is 4.13. The Bertz CT molecular complexity index is 2490. The summed E-state index contributed by atoms with van der Waals surface area (Å²) in [5, 5.41) is 22.7. The second-order valence-corrected chi connectivity index (χ2v) is 16.3. The lowest BCUT2D eigenvalue weighted by Crippen LogP contribution is -2.44. The molecule has 5 aromatic rings. The van der Waals surface area contributed by atoms with Crippen LogP contribution in [0.3, 0.4) is 0 Å². The van der Waals surface area contributed by atoms with Gasteiger partial charge >= 0.3 is 0 Å². The number of piperidine rings is 4. The van der Waals surface area contributed by atoms with E-state index in [9.17, 15) is 23.6 Å². The number of pyridine rings is 2. The molecule has 9 rings (SSSR count). The van der Waals surface area contributed by atoms with Gasteiger partial charge in [-0.1, -0.05) is 0 Å². The van der Waals surface area contributed by atoms with Crippen molar-refractivity contribution in [1.82, 2.24) is 44.9 Å². The van der Waals surface area contributed by atoms with E-state index in [1.165, 1.54) is 0 Å². The van der Waals surface area contributed by atoms with Crippen molar-refractivity contribution in [2.75, 3.05) is 60.9 Å². The molecule has 0 bridgehead atoms. The topological polar surface area (TPSA) is 175 Å². The summed E-state index contributed by atoms with van der Waals surface area (Å²) in [6, 6.07) is 10.8. The molecule has 60 heavy (non-hydrogen) atoms. The number of benzene rings is 1. The van der Waals surface area contributed by atoms with Crippen LogP contribution in [0.4, 0.5) is 21.5 Å². The third-order valence-corrected chi connectivity index (χ3v) is 12.4. The van der Waals surface area contributed by atoms with Crippen LogP contribution in [-0.2, 0) is 9.59 Å². The zero-order valence-electron chi connectivity index (χ0n) is 33.2. The molecule has 1 unspecified atom stereocenters. The fourth-order valence-electron chi connectivity index (χ4n) is 9.10. The summed E-state index contributed by atoms with van der Waals surface area (Å²) >= 11 is 0. The van der Waals surface area contributed by atoms with Gasteiger partial charge in [0.2, 0.25) is 0 Å². The molecule has 2 amide bonds. The quantitative estimate of drug-likeness (QED) is 0.182. The lowest BCUT2D eigenvalue weighted by Gasteiger charge is -2.38. The molecule has 0 radical (unpaired) electrons. The van der Waals surface area contributed by atoms with E-state index in [0.29, 0.717) is 48.6 Å². The van der Waals surface area contributed by atoms with Crippen LogP contribution in [0.2, 0.25) is 0 Å². The lowest BCUT2D eigenvalue weighted by molar-refractivity contribution is 0.0933. The first-order chi connectivity index (χ1) is 29.3. The van der Waals surface area contributed by atoms with Crippen molar-refractivity contribution in [2.24, 2.45) is 5.92 Å². The average Bonchev–Trinajstić information content (AvgIpc) is 3.94. The highest BCUT2D eigenvalue weighted by Gasteiger charge is 2.29. The summed E-state index contributed by atoms with van der Waals surface area (Å²) in [4.78, 5) is 60.2. The van der Waals surface area contributed by atoms with Crippen LogP contribution in [-0.4, -0.2) is 116 Å². The highest BCUT2D eigenvalue weighted by atomic mass is 19.1. The molecule has 4 saturated heterocycles. The van der Waals surface area contributed by atoms with Crippen LogP contribution < -0.4 is 25.8 Å². The predicted molar refractivity (Wildman–Crippen MR) is 223 cm³/mol. The second kappa shape index (κ2) is 17.1. The number of hydrogen-bond donors (Lipinski definition) is 3. The van der Waals surface area contributed by atoms with Crippen molar-refractivity contribution in [2.45, 2.75) is 69.6 Å². The summed E-state index contributed by atoms with van der Waals surface area (Å²) in [5.41, 5.74) is 4.70. The molecular formula is C43H47FN12O4. The number of carbonyl (C=O) groups excluding carboxylic acids is 4. The molecular weight excluding hydrogens is 768 g/mol. The van der Waals surface area contributed by atoms with Crippen molar-refractivity contribution < 1.29 is 23.6 Å². The number of anilines is 3. The number of nitrogens with one attached hydrogen (secondary N) is 3. The van der Waals surface area contributed by atoms with Gasteiger partial charge in [0.15, 0.2) is 5.65 Å². The van der Waals surface area contributed by atoms with Gasteiger partial charge in [-0.15, -0.1) is 10.2 Å². The summed E-state index contributed by atoms with van der Waals surface area (Å²) in [7, 11) is 0. The molecule has 8 heterocycles. The summed E-state index contributed by atoms with van der Waals surface area (Å²) in [6.45, 7) is 5.80. The van der Waals surface area contributed by atoms with Crippen molar-refractivity contribution in [3.05, 3.63) is 84.0 Å². The molecule has 0 saturated carbocycles. The standard InChI is InChI=1S/C43H47FN12O4/c44-30-3-1-13-54(24-30)40-20-37-29(19-38(40)49-42(59)34-4-2-14-55-27-46-50-41(34)55)23-56(51-37)32-11-15-52(16-12-32)22-28-9-17-53(18-10-28)33-6-8-36(45-21-33)43(60)48-35-7-5-31(25-57)47-39(35)26-58/h2,4,6,8,14,19-21,23,27-28,30,32,35,47H,1,3,5,7,9-13,15-18,22,24H2,(H,48,60)(H,49,59)/t30?,35-/m0/s1. The number of halogens is 1. The number of likely N-dealkylation sites (tertiary alicyclic amines) is 1. The Morgan fingerprint density at radius 1 is 0.933 bits per heavy atom. The van der Waals surface area contributed by atoms with Gasteiger partial charge in [0.25, 0.3) is 11.8 Å². The molecule has 0 aliphatic carbocycles. The smallest absolute Gasteiger partial charge is 0.270 e. The maximum absolute atomic E-state index is 14.7. The first-order valence-corrected chi connectivity index (χ1v) is 20.8. The Labute approximate surface area is 345 Å². The minimum Gasteiger partial charge on any atom is -0.370 e. The molecule has 17 heteroatoms. The summed E-state index contributed by atoms with van der Waals surface area (Å²) in [6.07, 6.45) is 12.4. The fraction of sp³-hybridized carbons (Fsp3) is 0.442. The van der Waals surface area contributed by atoms with Crippen LogP contribution in [0.5, 0.6) is 0 Å². The third kappa shape index (κ3) is 8.24. The first kappa shape index (κ1) is 39.1. The van der Waals surface area contributed by atoms with Gasteiger partial charge in [0.1, 0.15) is 41.5 Å². The molecule has 4 aliphatic rings. The number of alkyl halides is 1. The van der Waals surface area contributed by atoms with Crippen LogP contribution >= 0.6 is 0 Å². The van der Waals surface area contributed by atoms with Gasteiger partial charge in [-0.05, 0) is 87.3 Å². The van der Waals surface area contributed by atoms with Crippen molar-refractivity contribution in [1.29, 1.82) is 0 Å². The Morgan fingerprint density at radius 3 is 2.55 bits per heavy atom. The third-order valence-electron chi connectivity index (χ3n) is 12.4. The number of nitrogens with zero attached hydrogens (tertiary/aromatic N) is 9. The Kier molecular flexibility index (Phi) is 11.1. The van der Waals surface area contributed by atoms with Crippen LogP contribution in [0.1, 0.15) is 78.3 Å². The molecule has 16 nitrogen and oxygen atoms in total. The lowest BCUT2D eigenvalue weighted by atomic mass is 9.94. The Balaban J connectivity index is 0.789. The van der Waals surface area contributed by atoms with Crippen molar-refractivity contribution >= 4 is 57.3 Å². The van der Waals surface area contributed by atoms with Gasteiger partial charge in [-0.3, -0.25) is 18.7 Å². The van der Waals surface area contributed by atoms with Crippen molar-refractivity contribution in [3.63, 3.8) is 0 Å². The number of allylic oxidation sites excluding steroid dienone is 1. The largest absolute Gasteiger partial charge is 0.370 e. The SMILES string of the molecule is O=C=C1CC[C@H](NC(=O)c2ccc(N3CCC(CN4CCC(n5cc6cc(NC(=O)c7cccn8cnnc78)c(N7CCCC(F)C7)cc6n5)CC4)CC3)cn2)C(=C=O)N1. The van der Waals surface area contributed by atoms with Crippen molar-refractivity contribution in [3.8, 4) is 0 Å². The molecule has 3 N–H and O–H groups in total. The average molecular weight is 815 g/mol. The molecule has 4 aliphatic heterocycles. The minimum absolute atomic E-state index is 0.115. The maximum atomic E-state index is 14.7. The van der Waals surface area contributed by atoms with E-state index < -0.39 is 18.1 Å².